The molecule has 0 saturated carbocycles. The molecule has 0 aliphatic rings. The van der Waals surface area contributed by atoms with Gasteiger partial charge in [0.05, 0.1) is 35.2 Å². The predicted octanol–water partition coefficient (Wildman–Crippen LogP) is 4.44. The van der Waals surface area contributed by atoms with Gasteiger partial charge in [-0.25, -0.2) is 13.8 Å². The molecule has 0 bridgehead atoms. The molecule has 1 N–H and O–H groups in total. The van der Waals surface area contributed by atoms with E-state index in [1.165, 1.54) is 28.9 Å². The number of hydrazone groups is 1. The normalized spacial score (nSPS) is 11.4. The van der Waals surface area contributed by atoms with Crippen LogP contribution in [0.25, 0.3) is 0 Å². The van der Waals surface area contributed by atoms with Gasteiger partial charge in [0.2, 0.25) is 0 Å². The molecule has 166 valence electrons. The Labute approximate surface area is 192 Å². The van der Waals surface area contributed by atoms with E-state index in [0.29, 0.717) is 5.76 Å². The number of para-hydroxylation sites is 1. The van der Waals surface area contributed by atoms with Crippen molar-refractivity contribution in [3.8, 4) is 0 Å². The van der Waals surface area contributed by atoms with Gasteiger partial charge in [-0.05, 0) is 42.0 Å². The van der Waals surface area contributed by atoms with E-state index in [9.17, 15) is 13.2 Å². The highest BCUT2D eigenvalue weighted by atomic mass is 32.2. The monoisotopic (exact) mass is 459 g/mol. The lowest BCUT2D eigenvalue weighted by Crippen LogP contribution is -2.33. The number of hydrogen-bond acceptors (Lipinski definition) is 5. The van der Waals surface area contributed by atoms with Crippen molar-refractivity contribution in [1.29, 1.82) is 0 Å². The highest BCUT2D eigenvalue weighted by molar-refractivity contribution is 7.92. The third-order valence-corrected chi connectivity index (χ3v) is 6.59. The zero-order valence-electron chi connectivity index (χ0n) is 17.5. The number of carbonyl (C=O) groups is 1. The minimum absolute atomic E-state index is 0.0536. The van der Waals surface area contributed by atoms with Crippen LogP contribution in [-0.2, 0) is 16.6 Å². The van der Waals surface area contributed by atoms with Gasteiger partial charge in [-0.2, -0.15) is 5.10 Å². The van der Waals surface area contributed by atoms with Crippen molar-refractivity contribution in [3.63, 3.8) is 0 Å². The lowest BCUT2D eigenvalue weighted by Gasteiger charge is -2.26. The van der Waals surface area contributed by atoms with E-state index in [2.05, 4.69) is 10.5 Å². The Morgan fingerprint density at radius 1 is 0.879 bits per heavy atom. The standard InChI is InChI=1S/C25H21N3O4S/c29-25(27-26-18-21-12-9-17-32-21)23-15-7-8-16-24(23)28(19-20-10-3-1-4-11-20)33(30,31)22-13-5-2-6-14-22/h1-18H,19H2,(H,27,29). The number of hydrogen-bond donors (Lipinski definition) is 1. The first-order valence-electron chi connectivity index (χ1n) is 10.1. The second-order valence-electron chi connectivity index (χ2n) is 7.04. The summed E-state index contributed by atoms with van der Waals surface area (Å²) in [5.41, 5.74) is 3.63. The maximum atomic E-state index is 13.6. The Hall–Kier alpha value is -4.17. The molecule has 1 heterocycles. The van der Waals surface area contributed by atoms with E-state index >= 15 is 0 Å². The van der Waals surface area contributed by atoms with E-state index in [4.69, 9.17) is 4.42 Å². The third-order valence-electron chi connectivity index (χ3n) is 4.82. The smallest absolute Gasteiger partial charge is 0.273 e. The fourth-order valence-electron chi connectivity index (χ4n) is 3.23. The summed E-state index contributed by atoms with van der Waals surface area (Å²) in [5, 5.41) is 3.91. The molecule has 1 amide bonds. The first-order chi connectivity index (χ1) is 16.1. The van der Waals surface area contributed by atoms with Gasteiger partial charge in [-0.1, -0.05) is 60.7 Å². The average molecular weight is 460 g/mol. The van der Waals surface area contributed by atoms with Gasteiger partial charge in [0.25, 0.3) is 15.9 Å². The van der Waals surface area contributed by atoms with E-state index in [-0.39, 0.29) is 22.7 Å². The van der Waals surface area contributed by atoms with Crippen molar-refractivity contribution >= 4 is 27.8 Å². The molecule has 0 aliphatic carbocycles. The SMILES string of the molecule is O=C(NN=Cc1ccco1)c1ccccc1N(Cc1ccccc1)S(=O)(=O)c1ccccc1. The minimum atomic E-state index is -3.96. The molecular formula is C25H21N3O4S. The number of anilines is 1. The van der Waals surface area contributed by atoms with Crippen molar-refractivity contribution in [3.05, 3.63) is 120 Å². The number of sulfonamides is 1. The Morgan fingerprint density at radius 3 is 2.24 bits per heavy atom. The molecule has 7 nitrogen and oxygen atoms in total. The second-order valence-corrected chi connectivity index (χ2v) is 8.90. The van der Waals surface area contributed by atoms with Gasteiger partial charge < -0.3 is 4.42 Å². The van der Waals surface area contributed by atoms with Gasteiger partial charge >= 0.3 is 0 Å². The molecule has 0 aliphatic heterocycles. The summed E-state index contributed by atoms with van der Waals surface area (Å²) in [5.74, 6) is -0.0734. The molecule has 3 aromatic carbocycles. The maximum Gasteiger partial charge on any atom is 0.273 e. The van der Waals surface area contributed by atoms with Crippen LogP contribution in [0.15, 0.2) is 118 Å². The van der Waals surface area contributed by atoms with Crippen molar-refractivity contribution in [2.24, 2.45) is 5.10 Å². The van der Waals surface area contributed by atoms with E-state index in [1.807, 2.05) is 30.3 Å². The van der Waals surface area contributed by atoms with Crippen molar-refractivity contribution < 1.29 is 17.6 Å². The van der Waals surface area contributed by atoms with Gasteiger partial charge in [-0.15, -0.1) is 0 Å². The lowest BCUT2D eigenvalue weighted by molar-refractivity contribution is 0.0955. The number of carbonyl (C=O) groups excluding carboxylic acids is 1. The van der Waals surface area contributed by atoms with Gasteiger partial charge in [0.15, 0.2) is 0 Å². The second kappa shape index (κ2) is 9.97. The number of furan rings is 1. The number of rotatable bonds is 8. The van der Waals surface area contributed by atoms with E-state index < -0.39 is 15.9 Å². The molecule has 33 heavy (non-hydrogen) atoms. The quantitative estimate of drug-likeness (QED) is 0.311. The molecule has 0 spiro atoms. The lowest BCUT2D eigenvalue weighted by atomic mass is 10.1. The summed E-state index contributed by atoms with van der Waals surface area (Å²) >= 11 is 0. The summed E-state index contributed by atoms with van der Waals surface area (Å²) in [4.78, 5) is 13.1. The summed E-state index contributed by atoms with van der Waals surface area (Å²) in [6.45, 7) is 0.0536. The minimum Gasteiger partial charge on any atom is -0.463 e. The van der Waals surface area contributed by atoms with E-state index in [1.54, 1.807) is 54.6 Å². The van der Waals surface area contributed by atoms with Crippen molar-refractivity contribution in [2.45, 2.75) is 11.4 Å². The Kier molecular flexibility index (Phi) is 6.66. The number of amides is 1. The molecule has 0 saturated heterocycles. The number of nitrogens with one attached hydrogen (secondary N) is 1. The molecular weight excluding hydrogens is 438 g/mol. The summed E-state index contributed by atoms with van der Waals surface area (Å²) in [6.07, 6.45) is 2.86. The van der Waals surface area contributed by atoms with Crippen LogP contribution in [0, 0.1) is 0 Å². The summed E-state index contributed by atoms with van der Waals surface area (Å²) in [7, 11) is -3.96. The molecule has 0 fully saturated rings. The first kappa shape index (κ1) is 22.0. The highest BCUT2D eigenvalue weighted by Gasteiger charge is 2.28. The predicted molar refractivity (Wildman–Crippen MR) is 126 cm³/mol. The molecule has 1 aromatic heterocycles. The summed E-state index contributed by atoms with van der Waals surface area (Å²) in [6, 6.07) is 27.3. The molecule has 8 heteroatoms. The van der Waals surface area contributed by atoms with Crippen LogP contribution in [0.3, 0.4) is 0 Å². The van der Waals surface area contributed by atoms with Gasteiger partial charge in [-0.3, -0.25) is 9.10 Å². The van der Waals surface area contributed by atoms with Crippen LogP contribution in [0.4, 0.5) is 5.69 Å². The van der Waals surface area contributed by atoms with Crippen LogP contribution in [0.2, 0.25) is 0 Å². The Morgan fingerprint density at radius 2 is 1.55 bits per heavy atom. The molecule has 4 rings (SSSR count). The van der Waals surface area contributed by atoms with Crippen LogP contribution in [-0.4, -0.2) is 20.5 Å². The van der Waals surface area contributed by atoms with Crippen LogP contribution < -0.4 is 9.73 Å². The molecule has 0 radical (unpaired) electrons. The number of nitrogens with zero attached hydrogens (tertiary/aromatic N) is 2. The average Bonchev–Trinajstić information content (AvgIpc) is 3.37. The van der Waals surface area contributed by atoms with Crippen molar-refractivity contribution in [1.82, 2.24) is 5.43 Å². The van der Waals surface area contributed by atoms with Gasteiger partial charge in [0.1, 0.15) is 5.76 Å². The van der Waals surface area contributed by atoms with Crippen molar-refractivity contribution in [2.75, 3.05) is 4.31 Å². The molecule has 0 atom stereocenters. The highest BCUT2D eigenvalue weighted by Crippen LogP contribution is 2.29. The fraction of sp³-hybridized carbons (Fsp3) is 0.0400. The summed E-state index contributed by atoms with van der Waals surface area (Å²) < 4.78 is 33.7. The third kappa shape index (κ3) is 5.19. The zero-order valence-corrected chi connectivity index (χ0v) is 18.4. The Bertz CT molecular complexity index is 1340. The van der Waals surface area contributed by atoms with Gasteiger partial charge in [0, 0.05) is 0 Å². The largest absolute Gasteiger partial charge is 0.463 e. The maximum absolute atomic E-state index is 13.6. The number of benzene rings is 3. The van der Waals surface area contributed by atoms with Crippen LogP contribution >= 0.6 is 0 Å². The first-order valence-corrected chi connectivity index (χ1v) is 11.6. The molecule has 0 unspecified atom stereocenters. The van der Waals surface area contributed by atoms with E-state index in [0.717, 1.165) is 5.56 Å². The Balaban J connectivity index is 1.72. The zero-order chi connectivity index (χ0) is 23.1. The molecule has 4 aromatic rings. The topological polar surface area (TPSA) is 92.0 Å². The fourth-order valence-corrected chi connectivity index (χ4v) is 4.72. The van der Waals surface area contributed by atoms with Crippen LogP contribution in [0.5, 0.6) is 0 Å². The van der Waals surface area contributed by atoms with Crippen LogP contribution in [0.1, 0.15) is 21.7 Å².